The van der Waals surface area contributed by atoms with Gasteiger partial charge in [0.05, 0.1) is 18.1 Å². The predicted molar refractivity (Wildman–Crippen MR) is 56.2 cm³/mol. The molecule has 0 aromatic carbocycles. The minimum absolute atomic E-state index is 0.00870. The third-order valence-electron chi connectivity index (χ3n) is 2.17. The van der Waals surface area contributed by atoms with Crippen LogP contribution in [-0.2, 0) is 4.74 Å². The average molecular weight is 230 g/mol. The van der Waals surface area contributed by atoms with E-state index in [4.69, 9.17) is 10.5 Å². The number of nitrogen functional groups attached to an aromatic ring is 1. The molecule has 0 spiro atoms. The van der Waals surface area contributed by atoms with Gasteiger partial charge in [0.25, 0.3) is 0 Å². The van der Waals surface area contributed by atoms with Gasteiger partial charge in [-0.15, -0.1) is 0 Å². The molecule has 1 fully saturated rings. The van der Waals surface area contributed by atoms with Gasteiger partial charge >= 0.3 is 5.00 Å². The van der Waals surface area contributed by atoms with Crippen LogP contribution in [0.5, 0.6) is 0 Å². The van der Waals surface area contributed by atoms with E-state index in [1.807, 2.05) is 4.90 Å². The molecular weight excluding hydrogens is 220 g/mol. The molecular formula is C7H10N4O3S. The molecule has 2 N–H and O–H groups in total. The molecule has 1 saturated heterocycles. The topological polar surface area (TPSA) is 94.5 Å². The first-order valence-electron chi connectivity index (χ1n) is 4.42. The number of hydrogen-bond donors (Lipinski definition) is 1. The molecule has 1 aromatic rings. The van der Waals surface area contributed by atoms with Gasteiger partial charge in [0.15, 0.2) is 11.5 Å². The molecule has 82 valence electrons. The molecule has 0 radical (unpaired) electrons. The van der Waals surface area contributed by atoms with E-state index in [0.29, 0.717) is 32.0 Å². The third kappa shape index (κ3) is 1.85. The summed E-state index contributed by atoms with van der Waals surface area (Å²) in [4.78, 5) is 12.1. The zero-order chi connectivity index (χ0) is 10.8. The smallest absolute Gasteiger partial charge is 0.368 e. The molecule has 15 heavy (non-hydrogen) atoms. The summed E-state index contributed by atoms with van der Waals surface area (Å²) in [6.45, 7) is 2.35. The van der Waals surface area contributed by atoms with E-state index >= 15 is 0 Å². The highest BCUT2D eigenvalue weighted by atomic mass is 32.1. The Morgan fingerprint density at radius 1 is 1.53 bits per heavy atom. The van der Waals surface area contributed by atoms with E-state index in [1.165, 1.54) is 0 Å². The van der Waals surface area contributed by atoms with Crippen LogP contribution in [0.1, 0.15) is 0 Å². The summed E-state index contributed by atoms with van der Waals surface area (Å²) in [6, 6.07) is 0. The van der Waals surface area contributed by atoms with E-state index < -0.39 is 4.92 Å². The lowest BCUT2D eigenvalue weighted by molar-refractivity contribution is -0.379. The highest BCUT2D eigenvalue weighted by Gasteiger charge is 2.27. The van der Waals surface area contributed by atoms with E-state index in [0.717, 1.165) is 11.5 Å². The molecule has 0 aliphatic carbocycles. The zero-order valence-corrected chi connectivity index (χ0v) is 8.70. The summed E-state index contributed by atoms with van der Waals surface area (Å²) in [7, 11) is 0. The number of ether oxygens (including phenoxy) is 1. The Kier molecular flexibility index (Phi) is 2.69. The zero-order valence-electron chi connectivity index (χ0n) is 7.88. The van der Waals surface area contributed by atoms with Crippen LogP contribution in [0.15, 0.2) is 0 Å². The quantitative estimate of drug-likeness (QED) is 0.586. The summed E-state index contributed by atoms with van der Waals surface area (Å²) in [5, 5.41) is 10.7. The second-order valence-corrected chi connectivity index (χ2v) is 3.83. The number of nitrogens with zero attached hydrogens (tertiary/aromatic N) is 3. The maximum atomic E-state index is 10.7. The Morgan fingerprint density at radius 2 is 2.20 bits per heavy atom. The van der Waals surface area contributed by atoms with Crippen LogP contribution in [-0.4, -0.2) is 35.6 Å². The molecule has 0 unspecified atom stereocenters. The highest BCUT2D eigenvalue weighted by molar-refractivity contribution is 7.10. The summed E-state index contributed by atoms with van der Waals surface area (Å²) in [6.07, 6.45) is 0. The van der Waals surface area contributed by atoms with Crippen molar-refractivity contribution in [2.75, 3.05) is 36.9 Å². The van der Waals surface area contributed by atoms with E-state index in [2.05, 4.69) is 4.37 Å². The van der Waals surface area contributed by atoms with Gasteiger partial charge in [0.1, 0.15) is 0 Å². The molecule has 0 saturated carbocycles. The van der Waals surface area contributed by atoms with Gasteiger partial charge in [-0.2, -0.15) is 4.37 Å². The van der Waals surface area contributed by atoms with Crippen molar-refractivity contribution < 1.29 is 9.66 Å². The van der Waals surface area contributed by atoms with Crippen LogP contribution in [0.25, 0.3) is 0 Å². The van der Waals surface area contributed by atoms with Gasteiger partial charge in [0, 0.05) is 24.6 Å². The van der Waals surface area contributed by atoms with Gasteiger partial charge in [-0.05, 0) is 0 Å². The molecule has 0 amide bonds. The van der Waals surface area contributed by atoms with Crippen LogP contribution in [0.2, 0.25) is 0 Å². The van der Waals surface area contributed by atoms with Gasteiger partial charge < -0.3 is 15.4 Å². The first-order chi connectivity index (χ1) is 7.20. The van der Waals surface area contributed by atoms with Crippen LogP contribution in [0.3, 0.4) is 0 Å². The van der Waals surface area contributed by atoms with Crippen molar-refractivity contribution in [3.63, 3.8) is 0 Å². The summed E-state index contributed by atoms with van der Waals surface area (Å²) in [5.74, 6) is 0.230. The lowest BCUT2D eigenvalue weighted by Crippen LogP contribution is -2.36. The summed E-state index contributed by atoms with van der Waals surface area (Å²) in [5.41, 5.74) is 6.06. The second-order valence-electron chi connectivity index (χ2n) is 3.08. The Balaban J connectivity index is 2.32. The fourth-order valence-corrected chi connectivity index (χ4v) is 2.15. The molecule has 1 aliphatic rings. The van der Waals surface area contributed by atoms with E-state index in [1.54, 1.807) is 0 Å². The molecule has 1 aliphatic heterocycles. The summed E-state index contributed by atoms with van der Waals surface area (Å²) >= 11 is 0.821. The van der Waals surface area contributed by atoms with Gasteiger partial charge in [-0.3, -0.25) is 10.1 Å². The number of aromatic nitrogens is 1. The Bertz CT molecular complexity index is 374. The fraction of sp³-hybridized carbons (Fsp3) is 0.571. The van der Waals surface area contributed by atoms with Gasteiger partial charge in [0.2, 0.25) is 0 Å². The van der Waals surface area contributed by atoms with Gasteiger partial charge in [-0.1, -0.05) is 0 Å². The monoisotopic (exact) mass is 230 g/mol. The van der Waals surface area contributed by atoms with Crippen LogP contribution in [0, 0.1) is 10.1 Å². The van der Waals surface area contributed by atoms with Crippen molar-refractivity contribution in [3.8, 4) is 0 Å². The number of hydrogen-bond acceptors (Lipinski definition) is 7. The molecule has 0 bridgehead atoms. The largest absolute Gasteiger partial charge is 0.381 e. The van der Waals surface area contributed by atoms with Crippen molar-refractivity contribution in [2.45, 2.75) is 0 Å². The first-order valence-corrected chi connectivity index (χ1v) is 5.19. The lowest BCUT2D eigenvalue weighted by Gasteiger charge is -2.27. The minimum Gasteiger partial charge on any atom is -0.381 e. The van der Waals surface area contributed by atoms with Crippen LogP contribution in [0.4, 0.5) is 16.5 Å². The number of rotatable bonds is 2. The standard InChI is InChI=1S/C7H10N4O3S/c8-6-5(7(11(12)13)15-9-6)10-1-3-14-4-2-10/h1-4H2,(H2,8,9). The number of morpholine rings is 1. The number of nitrogens with two attached hydrogens (primary N) is 1. The van der Waals surface area contributed by atoms with Crippen molar-refractivity contribution in [1.29, 1.82) is 0 Å². The Hall–Kier alpha value is -1.41. The van der Waals surface area contributed by atoms with E-state index in [9.17, 15) is 10.1 Å². The Morgan fingerprint density at radius 3 is 2.80 bits per heavy atom. The van der Waals surface area contributed by atoms with Crippen molar-refractivity contribution in [2.24, 2.45) is 0 Å². The molecule has 8 heteroatoms. The molecule has 0 atom stereocenters. The van der Waals surface area contributed by atoms with Crippen LogP contribution < -0.4 is 10.6 Å². The number of anilines is 2. The van der Waals surface area contributed by atoms with Crippen LogP contribution >= 0.6 is 11.5 Å². The molecule has 2 rings (SSSR count). The normalized spacial score (nSPS) is 16.7. The average Bonchev–Trinajstić information content (AvgIpc) is 2.61. The molecule has 7 nitrogen and oxygen atoms in total. The highest BCUT2D eigenvalue weighted by Crippen LogP contribution is 2.37. The minimum atomic E-state index is -0.446. The maximum Gasteiger partial charge on any atom is 0.368 e. The van der Waals surface area contributed by atoms with Crippen molar-refractivity contribution in [1.82, 2.24) is 4.37 Å². The lowest BCUT2D eigenvalue weighted by atomic mass is 10.3. The van der Waals surface area contributed by atoms with Gasteiger partial charge in [-0.25, -0.2) is 0 Å². The molecule has 2 heterocycles. The summed E-state index contributed by atoms with van der Waals surface area (Å²) < 4.78 is 8.98. The SMILES string of the molecule is Nc1nsc([N+](=O)[O-])c1N1CCOCC1. The fourth-order valence-electron chi connectivity index (χ4n) is 1.49. The predicted octanol–water partition coefficient (Wildman–Crippen LogP) is 0.470. The number of nitro groups is 1. The van der Waals surface area contributed by atoms with Crippen molar-refractivity contribution >= 4 is 28.0 Å². The van der Waals surface area contributed by atoms with E-state index in [-0.39, 0.29) is 10.8 Å². The first kappa shape index (κ1) is 10.1. The Labute approximate surface area is 89.8 Å². The third-order valence-corrected chi connectivity index (χ3v) is 2.97. The maximum absolute atomic E-state index is 10.7. The van der Waals surface area contributed by atoms with Crippen molar-refractivity contribution in [3.05, 3.63) is 10.1 Å². The molecule has 1 aromatic heterocycles. The second kappa shape index (κ2) is 3.99.